The molecule has 0 aromatic heterocycles. The number of hydrogen-bond acceptors (Lipinski definition) is 6. The number of carbonyl (C=O) groups excluding carboxylic acids is 2. The SMILES string of the molecule is COc1cc(/C=C/C(=O)O[C@H](C)C(=O)Nc2ccc(Cl)cc2Cl)cc(OC)c1OC. The molecule has 0 aliphatic heterocycles. The Kier molecular flexibility index (Phi) is 8.38. The normalized spacial score (nSPS) is 11.7. The lowest BCUT2D eigenvalue weighted by Crippen LogP contribution is -2.29. The second-order valence-corrected chi connectivity index (χ2v) is 6.83. The molecule has 2 aromatic carbocycles. The lowest BCUT2D eigenvalue weighted by molar-refractivity contribution is -0.148. The summed E-state index contributed by atoms with van der Waals surface area (Å²) in [5.41, 5.74) is 0.980. The maximum atomic E-state index is 12.2. The van der Waals surface area contributed by atoms with Gasteiger partial charge in [-0.05, 0) is 48.9 Å². The third-order valence-corrected chi connectivity index (χ3v) is 4.50. The summed E-state index contributed by atoms with van der Waals surface area (Å²) in [6.45, 7) is 1.45. The summed E-state index contributed by atoms with van der Waals surface area (Å²) in [4.78, 5) is 24.4. The number of halogens is 2. The predicted octanol–water partition coefficient (Wildman–Crippen LogP) is 4.60. The average molecular weight is 454 g/mol. The second kappa shape index (κ2) is 10.8. The van der Waals surface area contributed by atoms with Crippen molar-refractivity contribution in [2.24, 2.45) is 0 Å². The summed E-state index contributed by atoms with van der Waals surface area (Å²) < 4.78 is 20.9. The van der Waals surface area contributed by atoms with Crippen LogP contribution in [-0.4, -0.2) is 39.3 Å². The van der Waals surface area contributed by atoms with Gasteiger partial charge in [0.1, 0.15) is 0 Å². The van der Waals surface area contributed by atoms with E-state index in [1.54, 1.807) is 24.3 Å². The third kappa shape index (κ3) is 6.05. The van der Waals surface area contributed by atoms with Gasteiger partial charge >= 0.3 is 5.97 Å². The lowest BCUT2D eigenvalue weighted by Gasteiger charge is -2.14. The van der Waals surface area contributed by atoms with E-state index in [0.29, 0.717) is 33.5 Å². The Morgan fingerprint density at radius 2 is 1.63 bits per heavy atom. The molecular weight excluding hydrogens is 433 g/mol. The number of ether oxygens (including phenoxy) is 4. The summed E-state index contributed by atoms with van der Waals surface area (Å²) in [7, 11) is 4.48. The van der Waals surface area contributed by atoms with E-state index in [2.05, 4.69) is 5.32 Å². The standard InChI is InChI=1S/C21H21Cl2NO6/c1-12(21(26)24-16-7-6-14(22)11-15(16)23)30-19(25)8-5-13-9-17(27-2)20(29-4)18(10-13)28-3/h5-12H,1-4H3,(H,24,26)/b8-5+/t12-/m1/s1. The summed E-state index contributed by atoms with van der Waals surface area (Å²) >= 11 is 11.9. The molecule has 2 aromatic rings. The Balaban J connectivity index is 2.03. The molecular formula is C21H21Cl2NO6. The van der Waals surface area contributed by atoms with Crippen LogP contribution >= 0.6 is 23.2 Å². The smallest absolute Gasteiger partial charge is 0.331 e. The summed E-state index contributed by atoms with van der Waals surface area (Å²) in [6.07, 6.45) is 1.65. The Morgan fingerprint density at radius 3 is 2.17 bits per heavy atom. The van der Waals surface area contributed by atoms with E-state index in [-0.39, 0.29) is 5.02 Å². The largest absolute Gasteiger partial charge is 0.493 e. The van der Waals surface area contributed by atoms with Crippen molar-refractivity contribution >= 4 is 46.8 Å². The van der Waals surface area contributed by atoms with Gasteiger partial charge in [0.25, 0.3) is 5.91 Å². The fraction of sp³-hybridized carbons (Fsp3) is 0.238. The van der Waals surface area contributed by atoms with Crippen molar-refractivity contribution in [3.8, 4) is 17.2 Å². The van der Waals surface area contributed by atoms with Crippen LogP contribution in [0.4, 0.5) is 5.69 Å². The maximum absolute atomic E-state index is 12.2. The number of hydrogen-bond donors (Lipinski definition) is 1. The quantitative estimate of drug-likeness (QED) is 0.464. The van der Waals surface area contributed by atoms with Crippen molar-refractivity contribution in [2.75, 3.05) is 26.6 Å². The molecule has 9 heteroatoms. The molecule has 0 radical (unpaired) electrons. The Labute approximate surface area is 184 Å². The predicted molar refractivity (Wildman–Crippen MR) is 116 cm³/mol. The minimum Gasteiger partial charge on any atom is -0.493 e. The highest BCUT2D eigenvalue weighted by atomic mass is 35.5. The molecule has 0 aliphatic rings. The first-order chi connectivity index (χ1) is 14.3. The van der Waals surface area contributed by atoms with Gasteiger partial charge in [-0.2, -0.15) is 0 Å². The first-order valence-corrected chi connectivity index (χ1v) is 9.49. The molecule has 0 unspecified atom stereocenters. The molecule has 0 saturated heterocycles. The number of amides is 1. The van der Waals surface area contributed by atoms with Gasteiger partial charge in [0, 0.05) is 11.1 Å². The minimum atomic E-state index is -1.05. The van der Waals surface area contributed by atoms with Crippen molar-refractivity contribution in [1.82, 2.24) is 0 Å². The van der Waals surface area contributed by atoms with Gasteiger partial charge in [0.05, 0.1) is 32.0 Å². The van der Waals surface area contributed by atoms with Gasteiger partial charge in [-0.3, -0.25) is 4.79 Å². The van der Waals surface area contributed by atoms with Gasteiger partial charge in [-0.15, -0.1) is 0 Å². The highest BCUT2D eigenvalue weighted by Gasteiger charge is 2.18. The van der Waals surface area contributed by atoms with Crippen molar-refractivity contribution in [1.29, 1.82) is 0 Å². The van der Waals surface area contributed by atoms with E-state index in [1.807, 2.05) is 0 Å². The fourth-order valence-corrected chi connectivity index (χ4v) is 2.91. The number of methoxy groups -OCH3 is 3. The van der Waals surface area contributed by atoms with Crippen LogP contribution in [0.15, 0.2) is 36.4 Å². The van der Waals surface area contributed by atoms with Gasteiger partial charge in [0.2, 0.25) is 5.75 Å². The average Bonchev–Trinajstić information content (AvgIpc) is 2.73. The fourth-order valence-electron chi connectivity index (χ4n) is 2.45. The molecule has 0 aliphatic carbocycles. The highest BCUT2D eigenvalue weighted by Crippen LogP contribution is 2.38. The van der Waals surface area contributed by atoms with Crippen molar-refractivity contribution < 1.29 is 28.5 Å². The number of esters is 1. The van der Waals surface area contributed by atoms with Crippen LogP contribution < -0.4 is 19.5 Å². The van der Waals surface area contributed by atoms with Crippen molar-refractivity contribution in [3.05, 3.63) is 52.0 Å². The molecule has 0 heterocycles. The van der Waals surface area contributed by atoms with E-state index in [4.69, 9.17) is 42.1 Å². The molecule has 1 N–H and O–H groups in total. The van der Waals surface area contributed by atoms with Gasteiger partial charge in [0.15, 0.2) is 17.6 Å². The molecule has 2 rings (SSSR count). The van der Waals surface area contributed by atoms with Crippen LogP contribution in [-0.2, 0) is 14.3 Å². The van der Waals surface area contributed by atoms with Crippen LogP contribution in [0.1, 0.15) is 12.5 Å². The molecule has 0 fully saturated rings. The second-order valence-electron chi connectivity index (χ2n) is 5.98. The lowest BCUT2D eigenvalue weighted by atomic mass is 10.1. The van der Waals surface area contributed by atoms with E-state index in [1.165, 1.54) is 46.5 Å². The zero-order valence-electron chi connectivity index (χ0n) is 16.8. The van der Waals surface area contributed by atoms with Crippen LogP contribution in [0.5, 0.6) is 17.2 Å². The molecule has 0 saturated carbocycles. The third-order valence-electron chi connectivity index (χ3n) is 3.95. The van der Waals surface area contributed by atoms with Crippen LogP contribution in [0.3, 0.4) is 0 Å². The number of benzene rings is 2. The maximum Gasteiger partial charge on any atom is 0.331 e. The molecule has 1 atom stereocenters. The Hall–Kier alpha value is -2.90. The van der Waals surface area contributed by atoms with Gasteiger partial charge in [-0.1, -0.05) is 23.2 Å². The number of rotatable bonds is 8. The molecule has 7 nitrogen and oxygen atoms in total. The number of nitrogens with one attached hydrogen (secondary N) is 1. The topological polar surface area (TPSA) is 83.1 Å². The molecule has 0 spiro atoms. The highest BCUT2D eigenvalue weighted by molar-refractivity contribution is 6.36. The first-order valence-electron chi connectivity index (χ1n) is 8.73. The molecule has 30 heavy (non-hydrogen) atoms. The van der Waals surface area contributed by atoms with Crippen LogP contribution in [0.25, 0.3) is 6.08 Å². The van der Waals surface area contributed by atoms with E-state index in [9.17, 15) is 9.59 Å². The number of anilines is 1. The first kappa shape index (κ1) is 23.4. The summed E-state index contributed by atoms with van der Waals surface area (Å²) in [5, 5.41) is 3.30. The minimum absolute atomic E-state index is 0.275. The van der Waals surface area contributed by atoms with Gasteiger partial charge in [-0.25, -0.2) is 4.79 Å². The van der Waals surface area contributed by atoms with E-state index < -0.39 is 18.0 Å². The Morgan fingerprint density at radius 1 is 1.00 bits per heavy atom. The van der Waals surface area contributed by atoms with Crippen LogP contribution in [0.2, 0.25) is 10.0 Å². The summed E-state index contributed by atoms with van der Waals surface area (Å²) in [5.74, 6) is 0.0863. The molecule has 0 bridgehead atoms. The van der Waals surface area contributed by atoms with E-state index in [0.717, 1.165) is 0 Å². The zero-order chi connectivity index (χ0) is 22.3. The van der Waals surface area contributed by atoms with E-state index >= 15 is 0 Å². The summed E-state index contributed by atoms with van der Waals surface area (Å²) in [6, 6.07) is 7.98. The van der Waals surface area contributed by atoms with Crippen LogP contribution in [0, 0.1) is 0 Å². The van der Waals surface area contributed by atoms with Crippen molar-refractivity contribution in [2.45, 2.75) is 13.0 Å². The Bertz CT molecular complexity index is 936. The zero-order valence-corrected chi connectivity index (χ0v) is 18.3. The molecule has 160 valence electrons. The monoisotopic (exact) mass is 453 g/mol. The number of carbonyl (C=O) groups is 2. The van der Waals surface area contributed by atoms with Crippen molar-refractivity contribution in [3.63, 3.8) is 0 Å². The van der Waals surface area contributed by atoms with Gasteiger partial charge < -0.3 is 24.3 Å². The molecule has 1 amide bonds.